The van der Waals surface area contributed by atoms with Crippen molar-refractivity contribution in [3.8, 4) is 11.1 Å². The number of aliphatic hydroxyl groups excluding tert-OH is 1. The van der Waals surface area contributed by atoms with Crippen LogP contribution in [0.2, 0.25) is 0 Å². The number of aryl methyl sites for hydroxylation is 1. The van der Waals surface area contributed by atoms with Crippen molar-refractivity contribution < 1.29 is 14.6 Å². The van der Waals surface area contributed by atoms with Gasteiger partial charge in [-0.2, -0.15) is 5.10 Å². The van der Waals surface area contributed by atoms with Crippen molar-refractivity contribution in [2.75, 3.05) is 13.2 Å². The average Bonchev–Trinajstić information content (AvgIpc) is 3.52. The SMILES string of the molecule is CCc1nc([C@H]2C[C@H](CNC(=O)OCC3c4ccccc4-c4ccccc43)[C@H](O)C2)n[nH]1. The van der Waals surface area contributed by atoms with Gasteiger partial charge in [0.25, 0.3) is 0 Å². The molecule has 3 atom stereocenters. The van der Waals surface area contributed by atoms with E-state index in [1.165, 1.54) is 22.3 Å². The highest BCUT2D eigenvalue weighted by Gasteiger charge is 2.36. The number of hydrogen-bond donors (Lipinski definition) is 3. The van der Waals surface area contributed by atoms with E-state index in [4.69, 9.17) is 4.74 Å². The number of H-pyrrole nitrogens is 1. The molecule has 2 aliphatic carbocycles. The van der Waals surface area contributed by atoms with Crippen molar-refractivity contribution in [2.45, 2.75) is 44.1 Å². The van der Waals surface area contributed by atoms with Gasteiger partial charge in [-0.25, -0.2) is 9.78 Å². The Bertz CT molecular complexity index is 1070. The fraction of sp³-hybridized carbons (Fsp3) is 0.400. The summed E-state index contributed by atoms with van der Waals surface area (Å²) in [4.78, 5) is 16.9. The molecule has 0 radical (unpaired) electrons. The number of aliphatic hydroxyl groups is 1. The molecule has 0 aliphatic heterocycles. The van der Waals surface area contributed by atoms with Crippen molar-refractivity contribution in [3.05, 3.63) is 71.3 Å². The van der Waals surface area contributed by atoms with E-state index < -0.39 is 12.2 Å². The van der Waals surface area contributed by atoms with Crippen LogP contribution in [0.3, 0.4) is 0 Å². The van der Waals surface area contributed by atoms with Gasteiger partial charge in [-0.3, -0.25) is 5.10 Å². The quantitative estimate of drug-likeness (QED) is 0.551. The van der Waals surface area contributed by atoms with Gasteiger partial charge in [-0.1, -0.05) is 55.5 Å². The molecule has 1 heterocycles. The van der Waals surface area contributed by atoms with Gasteiger partial charge < -0.3 is 15.2 Å². The monoisotopic (exact) mass is 432 g/mol. The normalized spacial score (nSPS) is 21.9. The number of hydrogen-bond acceptors (Lipinski definition) is 5. The Morgan fingerprint density at radius 3 is 2.47 bits per heavy atom. The van der Waals surface area contributed by atoms with E-state index in [2.05, 4.69) is 44.8 Å². The van der Waals surface area contributed by atoms with Crippen LogP contribution in [-0.2, 0) is 11.2 Å². The number of ether oxygens (including phenoxy) is 1. The summed E-state index contributed by atoms with van der Waals surface area (Å²) in [5.74, 6) is 1.72. The fourth-order valence-electron chi connectivity index (χ4n) is 5.05. The van der Waals surface area contributed by atoms with Crippen molar-refractivity contribution in [2.24, 2.45) is 5.92 Å². The minimum atomic E-state index is -0.488. The van der Waals surface area contributed by atoms with E-state index in [1.54, 1.807) is 0 Å². The zero-order chi connectivity index (χ0) is 22.1. The van der Waals surface area contributed by atoms with E-state index in [9.17, 15) is 9.90 Å². The molecule has 32 heavy (non-hydrogen) atoms. The van der Waals surface area contributed by atoms with E-state index in [-0.39, 0.29) is 24.4 Å². The molecular formula is C25H28N4O3. The number of rotatable bonds is 6. The van der Waals surface area contributed by atoms with Crippen LogP contribution in [0.4, 0.5) is 4.79 Å². The molecule has 2 aromatic carbocycles. The van der Waals surface area contributed by atoms with Crippen LogP contribution >= 0.6 is 0 Å². The van der Waals surface area contributed by atoms with E-state index in [0.717, 1.165) is 24.5 Å². The molecule has 3 N–H and O–H groups in total. The Kier molecular flexibility index (Phi) is 5.66. The minimum Gasteiger partial charge on any atom is -0.449 e. The second kappa shape index (κ2) is 8.74. The zero-order valence-electron chi connectivity index (χ0n) is 18.1. The van der Waals surface area contributed by atoms with Crippen molar-refractivity contribution in [1.29, 1.82) is 0 Å². The van der Waals surface area contributed by atoms with Crippen LogP contribution in [0, 0.1) is 5.92 Å². The summed E-state index contributed by atoms with van der Waals surface area (Å²) in [6.45, 7) is 2.68. The topological polar surface area (TPSA) is 100 Å². The maximum Gasteiger partial charge on any atom is 0.407 e. The smallest absolute Gasteiger partial charge is 0.407 e. The number of nitrogens with one attached hydrogen (secondary N) is 2. The third-order valence-electron chi connectivity index (χ3n) is 6.76. The lowest BCUT2D eigenvalue weighted by Gasteiger charge is -2.17. The summed E-state index contributed by atoms with van der Waals surface area (Å²) in [5, 5.41) is 20.5. The van der Waals surface area contributed by atoms with Gasteiger partial charge in [0.2, 0.25) is 0 Å². The fourth-order valence-corrected chi connectivity index (χ4v) is 5.05. The average molecular weight is 433 g/mol. The number of benzene rings is 2. The molecule has 0 bridgehead atoms. The molecule has 1 saturated carbocycles. The third-order valence-corrected chi connectivity index (χ3v) is 6.76. The summed E-state index contributed by atoms with van der Waals surface area (Å²) in [6, 6.07) is 16.5. The number of alkyl carbamates (subject to hydrolysis) is 1. The lowest BCUT2D eigenvalue weighted by Crippen LogP contribution is -2.33. The Morgan fingerprint density at radius 1 is 1.12 bits per heavy atom. The van der Waals surface area contributed by atoms with Gasteiger partial charge in [0.05, 0.1) is 6.10 Å². The van der Waals surface area contributed by atoms with Crippen molar-refractivity contribution >= 4 is 6.09 Å². The third kappa shape index (κ3) is 3.88. The van der Waals surface area contributed by atoms with Crippen molar-refractivity contribution in [3.63, 3.8) is 0 Å². The molecule has 1 amide bonds. The first-order valence-electron chi connectivity index (χ1n) is 11.3. The van der Waals surface area contributed by atoms with Crippen molar-refractivity contribution in [1.82, 2.24) is 20.5 Å². The second-order valence-electron chi connectivity index (χ2n) is 8.70. The lowest BCUT2D eigenvalue weighted by molar-refractivity contribution is 0.119. The van der Waals surface area contributed by atoms with Gasteiger partial charge >= 0.3 is 6.09 Å². The molecule has 1 aromatic heterocycles. The maximum atomic E-state index is 12.4. The van der Waals surface area contributed by atoms with Gasteiger partial charge in [0.1, 0.15) is 12.4 Å². The highest BCUT2D eigenvalue weighted by molar-refractivity contribution is 5.79. The molecule has 5 rings (SSSR count). The highest BCUT2D eigenvalue weighted by Crippen LogP contribution is 2.44. The highest BCUT2D eigenvalue weighted by atomic mass is 16.5. The molecule has 3 aromatic rings. The number of aromatic nitrogens is 3. The minimum absolute atomic E-state index is 0.0353. The lowest BCUT2D eigenvalue weighted by atomic mass is 9.98. The van der Waals surface area contributed by atoms with Crippen LogP contribution in [0.25, 0.3) is 11.1 Å². The van der Waals surface area contributed by atoms with Crippen LogP contribution in [0.5, 0.6) is 0 Å². The largest absolute Gasteiger partial charge is 0.449 e. The zero-order valence-corrected chi connectivity index (χ0v) is 18.1. The first-order chi connectivity index (χ1) is 15.6. The summed E-state index contributed by atoms with van der Waals surface area (Å²) in [5.41, 5.74) is 4.79. The summed E-state index contributed by atoms with van der Waals surface area (Å²) in [6.07, 6.45) is 1.21. The first kappa shape index (κ1) is 20.7. The number of nitrogens with zero attached hydrogens (tertiary/aromatic N) is 2. The van der Waals surface area contributed by atoms with Gasteiger partial charge in [0, 0.05) is 30.7 Å². The molecular weight excluding hydrogens is 404 g/mol. The summed E-state index contributed by atoms with van der Waals surface area (Å²) >= 11 is 0. The maximum absolute atomic E-state index is 12.4. The van der Waals surface area contributed by atoms with Crippen LogP contribution < -0.4 is 5.32 Å². The number of carbonyl (C=O) groups is 1. The van der Waals surface area contributed by atoms with Gasteiger partial charge in [0.15, 0.2) is 5.82 Å². The van der Waals surface area contributed by atoms with E-state index in [1.807, 2.05) is 31.2 Å². The number of aromatic amines is 1. The van der Waals surface area contributed by atoms with Crippen LogP contribution in [-0.4, -0.2) is 45.6 Å². The Labute approximate surface area is 187 Å². The molecule has 0 spiro atoms. The summed E-state index contributed by atoms with van der Waals surface area (Å²) < 4.78 is 5.60. The van der Waals surface area contributed by atoms with Gasteiger partial charge in [-0.05, 0) is 35.1 Å². The summed E-state index contributed by atoms with van der Waals surface area (Å²) in [7, 11) is 0. The molecule has 2 aliphatic rings. The predicted molar refractivity (Wildman–Crippen MR) is 120 cm³/mol. The van der Waals surface area contributed by atoms with E-state index in [0.29, 0.717) is 13.0 Å². The second-order valence-corrected chi connectivity index (χ2v) is 8.70. The molecule has 166 valence electrons. The standard InChI is InChI=1S/C25H28N4O3/c1-2-23-27-24(29-28-23)15-11-16(22(30)12-15)13-26-25(31)32-14-21-19-9-5-3-7-17(19)18-8-4-6-10-20(18)21/h3-10,15-16,21-22,30H,2,11-14H2,1H3,(H,26,31)(H,27,28,29)/t15-,16+,22+/m0/s1. The van der Waals surface area contributed by atoms with Crippen LogP contribution in [0.1, 0.15) is 54.4 Å². The number of amides is 1. The number of fused-ring (bicyclic) bond motifs is 3. The molecule has 7 heteroatoms. The number of carbonyl (C=O) groups excluding carboxylic acids is 1. The molecule has 7 nitrogen and oxygen atoms in total. The van der Waals surface area contributed by atoms with Gasteiger partial charge in [-0.15, -0.1) is 0 Å². The van der Waals surface area contributed by atoms with E-state index >= 15 is 0 Å². The Morgan fingerprint density at radius 2 is 1.81 bits per heavy atom. The molecule has 0 unspecified atom stereocenters. The first-order valence-corrected chi connectivity index (χ1v) is 11.3. The Hall–Kier alpha value is -3.19. The predicted octanol–water partition coefficient (Wildman–Crippen LogP) is 3.76. The molecule has 1 fully saturated rings. The van der Waals surface area contributed by atoms with Crippen LogP contribution in [0.15, 0.2) is 48.5 Å². The Balaban J connectivity index is 1.16. The molecule has 0 saturated heterocycles.